The van der Waals surface area contributed by atoms with Crippen molar-refractivity contribution < 1.29 is 5.11 Å². The second-order valence-electron chi connectivity index (χ2n) is 3.81. The SMILES string of the molecule is CN1CCc2cc(C(O)CN)ccc21. The van der Waals surface area contributed by atoms with Crippen molar-refractivity contribution in [3.8, 4) is 0 Å². The number of hydrogen-bond acceptors (Lipinski definition) is 3. The van der Waals surface area contributed by atoms with Crippen LogP contribution in [0.25, 0.3) is 0 Å². The van der Waals surface area contributed by atoms with E-state index < -0.39 is 6.10 Å². The highest BCUT2D eigenvalue weighted by Crippen LogP contribution is 2.28. The van der Waals surface area contributed by atoms with Gasteiger partial charge in [-0.15, -0.1) is 0 Å². The van der Waals surface area contributed by atoms with Gasteiger partial charge in [0.15, 0.2) is 0 Å². The predicted molar refractivity (Wildman–Crippen MR) is 57.4 cm³/mol. The summed E-state index contributed by atoms with van der Waals surface area (Å²) in [5, 5.41) is 9.59. The summed E-state index contributed by atoms with van der Waals surface area (Å²) in [6.07, 6.45) is 0.544. The molecule has 0 aliphatic carbocycles. The van der Waals surface area contributed by atoms with E-state index in [0.29, 0.717) is 0 Å². The second-order valence-corrected chi connectivity index (χ2v) is 3.81. The lowest BCUT2D eigenvalue weighted by Gasteiger charge is -2.13. The molecule has 1 aliphatic heterocycles. The first kappa shape index (κ1) is 9.49. The number of fused-ring (bicyclic) bond motifs is 1. The summed E-state index contributed by atoms with van der Waals surface area (Å²) in [5.41, 5.74) is 8.94. The Hall–Kier alpha value is -1.06. The molecule has 0 aromatic heterocycles. The minimum absolute atomic E-state index is 0.286. The van der Waals surface area contributed by atoms with Crippen LogP contribution in [0.1, 0.15) is 17.2 Å². The first-order chi connectivity index (χ1) is 6.72. The number of nitrogens with zero attached hydrogens (tertiary/aromatic N) is 1. The van der Waals surface area contributed by atoms with Crippen molar-refractivity contribution in [2.24, 2.45) is 5.73 Å². The topological polar surface area (TPSA) is 49.5 Å². The summed E-state index contributed by atoms with van der Waals surface area (Å²) < 4.78 is 0. The van der Waals surface area contributed by atoms with Crippen LogP contribution in [0.4, 0.5) is 5.69 Å². The number of nitrogens with two attached hydrogens (primary N) is 1. The van der Waals surface area contributed by atoms with E-state index in [2.05, 4.69) is 24.1 Å². The van der Waals surface area contributed by atoms with Crippen LogP contribution >= 0.6 is 0 Å². The number of hydrogen-bond donors (Lipinski definition) is 2. The molecule has 0 saturated heterocycles. The second kappa shape index (κ2) is 3.59. The molecule has 1 unspecified atom stereocenters. The summed E-state index contributed by atoms with van der Waals surface area (Å²) in [4.78, 5) is 2.23. The minimum atomic E-state index is -0.522. The molecule has 0 fully saturated rings. The third-order valence-corrected chi connectivity index (χ3v) is 2.84. The molecular weight excluding hydrogens is 176 g/mol. The smallest absolute Gasteiger partial charge is 0.0912 e. The highest BCUT2D eigenvalue weighted by Gasteiger charge is 2.16. The average Bonchev–Trinajstić information content (AvgIpc) is 2.59. The molecule has 0 bridgehead atoms. The van der Waals surface area contributed by atoms with E-state index in [4.69, 9.17) is 5.73 Å². The van der Waals surface area contributed by atoms with Gasteiger partial charge in [0.25, 0.3) is 0 Å². The monoisotopic (exact) mass is 192 g/mol. The van der Waals surface area contributed by atoms with Crippen LogP contribution in [0, 0.1) is 0 Å². The molecule has 1 heterocycles. The van der Waals surface area contributed by atoms with Crippen LogP contribution in [0.15, 0.2) is 18.2 Å². The lowest BCUT2D eigenvalue weighted by Crippen LogP contribution is -2.13. The summed E-state index contributed by atoms with van der Waals surface area (Å²) in [6, 6.07) is 6.09. The van der Waals surface area contributed by atoms with Gasteiger partial charge in [0.2, 0.25) is 0 Å². The van der Waals surface area contributed by atoms with Gasteiger partial charge in [-0.3, -0.25) is 0 Å². The fourth-order valence-electron chi connectivity index (χ4n) is 1.93. The number of anilines is 1. The lowest BCUT2D eigenvalue weighted by atomic mass is 10.0. The first-order valence-corrected chi connectivity index (χ1v) is 4.94. The number of rotatable bonds is 2. The van der Waals surface area contributed by atoms with Crippen LogP contribution in [0.2, 0.25) is 0 Å². The predicted octanol–water partition coefficient (Wildman–Crippen LogP) is 0.671. The third kappa shape index (κ3) is 1.49. The largest absolute Gasteiger partial charge is 0.387 e. The molecule has 3 nitrogen and oxygen atoms in total. The standard InChI is InChI=1S/C11H16N2O/c1-13-5-4-8-6-9(11(14)7-12)2-3-10(8)13/h2-3,6,11,14H,4-5,7,12H2,1H3. The number of aliphatic hydroxyl groups is 1. The molecule has 0 amide bonds. The Labute approximate surface area is 84.1 Å². The molecular formula is C11H16N2O. The molecule has 1 aromatic rings. The van der Waals surface area contributed by atoms with Crippen LogP contribution in [-0.2, 0) is 6.42 Å². The van der Waals surface area contributed by atoms with Crippen molar-refractivity contribution in [1.82, 2.24) is 0 Å². The van der Waals surface area contributed by atoms with Crippen molar-refractivity contribution in [2.75, 3.05) is 25.0 Å². The Kier molecular flexibility index (Phi) is 2.44. The van der Waals surface area contributed by atoms with Gasteiger partial charge < -0.3 is 15.7 Å². The number of aliphatic hydroxyl groups excluding tert-OH is 1. The molecule has 76 valence electrons. The Morgan fingerprint density at radius 2 is 2.36 bits per heavy atom. The van der Waals surface area contributed by atoms with E-state index in [1.165, 1.54) is 11.3 Å². The minimum Gasteiger partial charge on any atom is -0.387 e. The van der Waals surface area contributed by atoms with Crippen LogP contribution in [-0.4, -0.2) is 25.2 Å². The van der Waals surface area contributed by atoms with Crippen molar-refractivity contribution in [2.45, 2.75) is 12.5 Å². The maximum absolute atomic E-state index is 9.59. The highest BCUT2D eigenvalue weighted by atomic mass is 16.3. The van der Waals surface area contributed by atoms with Gasteiger partial charge in [-0.1, -0.05) is 12.1 Å². The molecule has 0 radical (unpaired) electrons. The van der Waals surface area contributed by atoms with Crippen LogP contribution < -0.4 is 10.6 Å². The zero-order valence-electron chi connectivity index (χ0n) is 8.40. The summed E-state index contributed by atoms with van der Waals surface area (Å²) in [7, 11) is 2.09. The van der Waals surface area contributed by atoms with E-state index >= 15 is 0 Å². The molecule has 3 heteroatoms. The van der Waals surface area contributed by atoms with Gasteiger partial charge in [-0.25, -0.2) is 0 Å². The summed E-state index contributed by atoms with van der Waals surface area (Å²) in [5.74, 6) is 0. The van der Waals surface area contributed by atoms with E-state index in [0.717, 1.165) is 18.5 Å². The summed E-state index contributed by atoms with van der Waals surface area (Å²) in [6.45, 7) is 1.35. The van der Waals surface area contributed by atoms with Gasteiger partial charge in [0, 0.05) is 25.8 Å². The molecule has 2 rings (SSSR count). The summed E-state index contributed by atoms with van der Waals surface area (Å²) >= 11 is 0. The zero-order valence-corrected chi connectivity index (χ0v) is 8.40. The van der Waals surface area contributed by atoms with Gasteiger partial charge in [-0.2, -0.15) is 0 Å². The van der Waals surface area contributed by atoms with E-state index in [1.54, 1.807) is 0 Å². The van der Waals surface area contributed by atoms with Crippen molar-refractivity contribution in [3.05, 3.63) is 29.3 Å². The van der Waals surface area contributed by atoms with Gasteiger partial charge in [0.1, 0.15) is 0 Å². The maximum Gasteiger partial charge on any atom is 0.0912 e. The number of benzene rings is 1. The average molecular weight is 192 g/mol. The van der Waals surface area contributed by atoms with Crippen molar-refractivity contribution in [3.63, 3.8) is 0 Å². The lowest BCUT2D eigenvalue weighted by molar-refractivity contribution is 0.186. The molecule has 3 N–H and O–H groups in total. The van der Waals surface area contributed by atoms with E-state index in [9.17, 15) is 5.11 Å². The zero-order chi connectivity index (χ0) is 10.1. The Bertz CT molecular complexity index is 338. The molecule has 1 aromatic carbocycles. The van der Waals surface area contributed by atoms with Gasteiger partial charge in [0.05, 0.1) is 6.10 Å². The molecule has 14 heavy (non-hydrogen) atoms. The normalized spacial score (nSPS) is 16.9. The molecule has 1 atom stereocenters. The Morgan fingerprint density at radius 3 is 3.07 bits per heavy atom. The molecule has 0 saturated carbocycles. The maximum atomic E-state index is 9.59. The Morgan fingerprint density at radius 1 is 1.57 bits per heavy atom. The number of likely N-dealkylation sites (N-methyl/N-ethyl adjacent to an activating group) is 1. The van der Waals surface area contributed by atoms with Crippen LogP contribution in [0.5, 0.6) is 0 Å². The quantitative estimate of drug-likeness (QED) is 0.724. The van der Waals surface area contributed by atoms with Gasteiger partial charge in [-0.05, 0) is 23.6 Å². The Balaban J connectivity index is 2.32. The fraction of sp³-hybridized carbons (Fsp3) is 0.455. The van der Waals surface area contributed by atoms with Crippen LogP contribution in [0.3, 0.4) is 0 Å². The molecule has 1 aliphatic rings. The highest BCUT2D eigenvalue weighted by molar-refractivity contribution is 5.58. The fourth-order valence-corrected chi connectivity index (χ4v) is 1.93. The first-order valence-electron chi connectivity index (χ1n) is 4.94. The van der Waals surface area contributed by atoms with Crippen molar-refractivity contribution in [1.29, 1.82) is 0 Å². The molecule has 0 spiro atoms. The van der Waals surface area contributed by atoms with Crippen molar-refractivity contribution >= 4 is 5.69 Å². The third-order valence-electron chi connectivity index (χ3n) is 2.84. The van der Waals surface area contributed by atoms with E-state index in [1.807, 2.05) is 6.07 Å². The van der Waals surface area contributed by atoms with E-state index in [-0.39, 0.29) is 6.54 Å². The van der Waals surface area contributed by atoms with Gasteiger partial charge >= 0.3 is 0 Å².